The van der Waals surface area contributed by atoms with Gasteiger partial charge in [0, 0.05) is 34.5 Å². The summed E-state index contributed by atoms with van der Waals surface area (Å²) in [6.45, 7) is 3.87. The number of aromatic nitrogens is 1. The van der Waals surface area contributed by atoms with E-state index in [9.17, 15) is 14.7 Å². The summed E-state index contributed by atoms with van der Waals surface area (Å²) in [6, 6.07) is 21.9. The second kappa shape index (κ2) is 10.8. The van der Waals surface area contributed by atoms with Gasteiger partial charge in [0.15, 0.2) is 5.78 Å². The number of pyridine rings is 1. The van der Waals surface area contributed by atoms with Gasteiger partial charge in [0.25, 0.3) is 0 Å². The molecule has 1 heterocycles. The maximum atomic E-state index is 13.6. The number of Topliss-reactive ketones (excluding diaryl/α,β-unsaturated/α-hetero) is 1. The average molecular weight is 522 g/mol. The van der Waals surface area contributed by atoms with E-state index in [1.165, 1.54) is 0 Å². The van der Waals surface area contributed by atoms with Crippen LogP contribution in [-0.4, -0.2) is 21.8 Å². The Hall–Kier alpha value is -4.02. The monoisotopic (exact) mass is 521 g/mol. The van der Waals surface area contributed by atoms with Crippen LogP contribution in [0.25, 0.3) is 33.9 Å². The van der Waals surface area contributed by atoms with Crippen molar-refractivity contribution in [2.75, 3.05) is 0 Å². The molecule has 0 spiro atoms. The number of allylic oxidation sites excluding steroid dienone is 1. The van der Waals surface area contributed by atoms with Crippen LogP contribution in [0.5, 0.6) is 0 Å². The molecule has 0 amide bonds. The molecule has 5 heteroatoms. The molecule has 5 rings (SSSR count). The maximum Gasteiger partial charge on any atom is 0.307 e. The highest BCUT2D eigenvalue weighted by molar-refractivity contribution is 6.34. The molecule has 38 heavy (non-hydrogen) atoms. The Labute approximate surface area is 227 Å². The number of carbonyl (C=O) groups excluding carboxylic acids is 1. The molecule has 1 atom stereocenters. The molecule has 4 aromatic rings. The van der Waals surface area contributed by atoms with Gasteiger partial charge in [-0.1, -0.05) is 61.0 Å². The zero-order chi connectivity index (χ0) is 26.8. The zero-order valence-electron chi connectivity index (χ0n) is 21.4. The Morgan fingerprint density at radius 3 is 2.37 bits per heavy atom. The maximum absolute atomic E-state index is 13.6. The first kappa shape index (κ1) is 25.6. The lowest BCUT2D eigenvalue weighted by atomic mass is 9.90. The highest BCUT2D eigenvalue weighted by Gasteiger charge is 2.26. The van der Waals surface area contributed by atoms with Crippen molar-refractivity contribution in [3.05, 3.63) is 112 Å². The number of carbonyl (C=O) groups is 2. The molecular formula is C33H28ClNO3. The molecular weight excluding hydrogens is 494 g/mol. The van der Waals surface area contributed by atoms with Gasteiger partial charge in [-0.15, -0.1) is 0 Å². The summed E-state index contributed by atoms with van der Waals surface area (Å²) < 4.78 is 0. The van der Waals surface area contributed by atoms with Gasteiger partial charge in [0.2, 0.25) is 0 Å². The van der Waals surface area contributed by atoms with Crippen molar-refractivity contribution in [3.8, 4) is 22.3 Å². The topological polar surface area (TPSA) is 67.3 Å². The highest BCUT2D eigenvalue weighted by Crippen LogP contribution is 2.39. The third-order valence-corrected chi connectivity index (χ3v) is 7.59. The molecule has 1 unspecified atom stereocenters. The molecule has 1 aromatic heterocycles. The lowest BCUT2D eigenvalue weighted by Gasteiger charge is -2.15. The minimum atomic E-state index is -0.878. The summed E-state index contributed by atoms with van der Waals surface area (Å²) in [6.07, 6.45) is 6.90. The molecule has 0 bridgehead atoms. The predicted molar refractivity (Wildman–Crippen MR) is 153 cm³/mol. The number of nitrogens with zero attached hydrogens (tertiary/aromatic N) is 1. The number of hydrogen-bond donors (Lipinski definition) is 1. The minimum Gasteiger partial charge on any atom is -0.481 e. The van der Waals surface area contributed by atoms with Crippen LogP contribution in [0.1, 0.15) is 41.2 Å². The Bertz CT molecular complexity index is 1560. The zero-order valence-corrected chi connectivity index (χ0v) is 22.1. The number of rotatable bonds is 5. The van der Waals surface area contributed by atoms with Gasteiger partial charge in [-0.3, -0.25) is 14.6 Å². The van der Waals surface area contributed by atoms with Crippen molar-refractivity contribution in [1.82, 2.24) is 4.98 Å². The number of aryl methyl sites for hydroxylation is 2. The third kappa shape index (κ3) is 5.32. The summed E-state index contributed by atoms with van der Waals surface area (Å²) in [5.74, 6) is -0.915. The van der Waals surface area contributed by atoms with E-state index in [1.807, 2.05) is 74.5 Å². The number of carboxylic acids is 1. The van der Waals surface area contributed by atoms with E-state index in [0.29, 0.717) is 10.6 Å². The fourth-order valence-electron chi connectivity index (χ4n) is 5.03. The van der Waals surface area contributed by atoms with Crippen LogP contribution in [-0.2, 0) is 22.4 Å². The van der Waals surface area contributed by atoms with Gasteiger partial charge < -0.3 is 5.11 Å². The number of fused-ring (bicyclic) bond motifs is 1. The van der Waals surface area contributed by atoms with E-state index in [1.54, 1.807) is 12.4 Å². The lowest BCUT2D eigenvalue weighted by Crippen LogP contribution is -2.10. The van der Waals surface area contributed by atoms with Crippen LogP contribution in [0, 0.1) is 12.8 Å². The van der Waals surface area contributed by atoms with Gasteiger partial charge >= 0.3 is 5.97 Å². The fraction of sp³-hybridized carbons (Fsp3) is 0.182. The smallest absolute Gasteiger partial charge is 0.307 e. The summed E-state index contributed by atoms with van der Waals surface area (Å²) in [4.78, 5) is 29.0. The van der Waals surface area contributed by atoms with Crippen molar-refractivity contribution in [2.24, 2.45) is 5.92 Å². The average Bonchev–Trinajstić information content (AvgIpc) is 3.02. The van der Waals surface area contributed by atoms with Crippen LogP contribution in [0.15, 0.2) is 79.1 Å². The van der Waals surface area contributed by atoms with Crippen molar-refractivity contribution < 1.29 is 14.7 Å². The predicted octanol–water partition coefficient (Wildman–Crippen LogP) is 7.70. The van der Waals surface area contributed by atoms with Crippen LogP contribution in [0.2, 0.25) is 5.02 Å². The first-order chi connectivity index (χ1) is 18.3. The van der Waals surface area contributed by atoms with Crippen molar-refractivity contribution in [2.45, 2.75) is 33.1 Å². The second-order valence-corrected chi connectivity index (χ2v) is 10.3. The third-order valence-electron chi connectivity index (χ3n) is 7.28. The summed E-state index contributed by atoms with van der Waals surface area (Å²) >= 11 is 6.80. The summed E-state index contributed by atoms with van der Waals surface area (Å²) in [7, 11) is 0. The van der Waals surface area contributed by atoms with Gasteiger partial charge in [0.1, 0.15) is 0 Å². The van der Waals surface area contributed by atoms with Crippen molar-refractivity contribution in [3.63, 3.8) is 0 Å². The molecule has 3 aromatic carbocycles. The number of benzene rings is 3. The van der Waals surface area contributed by atoms with E-state index in [2.05, 4.69) is 17.1 Å². The Kier molecular flexibility index (Phi) is 7.26. The quantitative estimate of drug-likeness (QED) is 0.216. The largest absolute Gasteiger partial charge is 0.481 e. The van der Waals surface area contributed by atoms with Gasteiger partial charge in [0.05, 0.1) is 6.42 Å². The standard InChI is InChI=1S/C33H28ClNO3/c1-20-3-5-22(15-27(20)18-32(36)37)16-30-28-19-29(31(34)17-26(28)6-4-21(2)33(30)38)25-9-7-23(8-10-25)24-11-13-35-14-12-24/h3,5,7-17,19,21H,4,6,18H2,1-2H3,(H,36,37)/b30-16-. The summed E-state index contributed by atoms with van der Waals surface area (Å²) in [5.41, 5.74) is 9.07. The molecule has 0 saturated carbocycles. The van der Waals surface area contributed by atoms with E-state index in [-0.39, 0.29) is 18.1 Å². The molecule has 1 N–H and O–H groups in total. The number of halogens is 1. The van der Waals surface area contributed by atoms with Gasteiger partial charge in [-0.2, -0.15) is 0 Å². The fourth-order valence-corrected chi connectivity index (χ4v) is 5.33. The van der Waals surface area contributed by atoms with E-state index < -0.39 is 5.97 Å². The highest BCUT2D eigenvalue weighted by atomic mass is 35.5. The lowest BCUT2D eigenvalue weighted by molar-refractivity contribution is -0.136. The molecule has 0 aliphatic heterocycles. The molecule has 0 saturated heterocycles. The van der Waals surface area contributed by atoms with E-state index >= 15 is 0 Å². The molecule has 1 aliphatic carbocycles. The number of hydrogen-bond acceptors (Lipinski definition) is 3. The SMILES string of the molecule is Cc1ccc(/C=C2\C(=O)C(C)CCc3cc(Cl)c(-c4ccc(-c5ccncc5)cc4)cc32)cc1CC(=O)O. The number of ketones is 1. The van der Waals surface area contributed by atoms with Gasteiger partial charge in [-0.25, -0.2) is 0 Å². The Balaban J connectivity index is 1.60. The number of aliphatic carboxylic acids is 1. The van der Waals surface area contributed by atoms with E-state index in [4.69, 9.17) is 11.6 Å². The molecule has 0 radical (unpaired) electrons. The van der Waals surface area contributed by atoms with Crippen molar-refractivity contribution >= 4 is 35.0 Å². The second-order valence-electron chi connectivity index (χ2n) is 9.92. The Morgan fingerprint density at radius 2 is 1.66 bits per heavy atom. The van der Waals surface area contributed by atoms with Crippen LogP contribution >= 0.6 is 11.6 Å². The minimum absolute atomic E-state index is 0.0565. The number of carboxylic acid groups (broad SMARTS) is 1. The van der Waals surface area contributed by atoms with Crippen LogP contribution in [0.3, 0.4) is 0 Å². The Morgan fingerprint density at radius 1 is 0.974 bits per heavy atom. The molecule has 190 valence electrons. The van der Waals surface area contributed by atoms with E-state index in [0.717, 1.165) is 62.9 Å². The molecule has 1 aliphatic rings. The van der Waals surface area contributed by atoms with Crippen LogP contribution < -0.4 is 0 Å². The van der Waals surface area contributed by atoms with Crippen molar-refractivity contribution in [1.29, 1.82) is 0 Å². The van der Waals surface area contributed by atoms with Gasteiger partial charge in [-0.05, 0) is 94.6 Å². The first-order valence-corrected chi connectivity index (χ1v) is 13.1. The first-order valence-electron chi connectivity index (χ1n) is 12.7. The summed E-state index contributed by atoms with van der Waals surface area (Å²) in [5, 5.41) is 9.96. The molecule has 4 nitrogen and oxygen atoms in total. The van der Waals surface area contributed by atoms with Crippen LogP contribution in [0.4, 0.5) is 0 Å². The molecule has 0 fully saturated rings. The normalized spacial score (nSPS) is 16.2.